The van der Waals surface area contributed by atoms with E-state index >= 15 is 0 Å². The van der Waals surface area contributed by atoms with Crippen LogP contribution in [0.15, 0.2) is 72.8 Å². The Morgan fingerprint density at radius 3 is 2.26 bits per heavy atom. The van der Waals surface area contributed by atoms with Gasteiger partial charge in [0.1, 0.15) is 18.3 Å². The molecule has 0 unspecified atom stereocenters. The Morgan fingerprint density at radius 1 is 0.976 bits per heavy atom. The zero-order valence-corrected chi connectivity index (χ0v) is 26.5. The van der Waals surface area contributed by atoms with Crippen LogP contribution >= 0.6 is 23.2 Å². The number of rotatable bonds is 14. The van der Waals surface area contributed by atoms with Crippen LogP contribution in [0.4, 0.5) is 5.69 Å². The molecule has 0 aliphatic heterocycles. The Morgan fingerprint density at radius 2 is 1.64 bits per heavy atom. The van der Waals surface area contributed by atoms with E-state index in [9.17, 15) is 18.0 Å². The molecule has 0 aromatic heterocycles. The summed E-state index contributed by atoms with van der Waals surface area (Å²) in [7, 11) is -3.94. The van der Waals surface area contributed by atoms with E-state index in [1.54, 1.807) is 49.4 Å². The minimum absolute atomic E-state index is 0.0506. The number of ether oxygens (including phenoxy) is 1. The van der Waals surface area contributed by atoms with Gasteiger partial charge in [0.2, 0.25) is 21.8 Å². The fourth-order valence-electron chi connectivity index (χ4n) is 4.36. The molecule has 0 saturated carbocycles. The minimum Gasteiger partial charge on any atom is -0.492 e. The lowest BCUT2D eigenvalue weighted by atomic mass is 10.0. The van der Waals surface area contributed by atoms with Gasteiger partial charge < -0.3 is 15.0 Å². The van der Waals surface area contributed by atoms with Gasteiger partial charge in [-0.25, -0.2) is 8.42 Å². The normalized spacial score (nSPS) is 12.7. The molecule has 0 aliphatic carbocycles. The number of hydrogen-bond donors (Lipinski definition) is 1. The third kappa shape index (κ3) is 9.11. The Balaban J connectivity index is 2.11. The van der Waals surface area contributed by atoms with E-state index < -0.39 is 28.5 Å². The zero-order chi connectivity index (χ0) is 30.9. The predicted octanol–water partition coefficient (Wildman–Crippen LogP) is 5.71. The summed E-state index contributed by atoms with van der Waals surface area (Å²) in [6.07, 6.45) is 1.92. The molecule has 11 heteroatoms. The van der Waals surface area contributed by atoms with Gasteiger partial charge in [0.15, 0.2) is 0 Å². The number of amides is 2. The second-order valence-corrected chi connectivity index (χ2v) is 12.7. The molecule has 3 rings (SSSR count). The molecule has 1 N–H and O–H groups in total. The van der Waals surface area contributed by atoms with Gasteiger partial charge in [0.25, 0.3) is 0 Å². The number of halogens is 2. The first kappa shape index (κ1) is 33.2. The van der Waals surface area contributed by atoms with Gasteiger partial charge in [-0.1, -0.05) is 78.7 Å². The molecule has 0 saturated heterocycles. The van der Waals surface area contributed by atoms with Gasteiger partial charge >= 0.3 is 0 Å². The van der Waals surface area contributed by atoms with E-state index in [2.05, 4.69) is 5.32 Å². The van der Waals surface area contributed by atoms with Crippen LogP contribution in [-0.4, -0.2) is 56.6 Å². The number of hydrogen-bond acceptors (Lipinski definition) is 5. The summed E-state index contributed by atoms with van der Waals surface area (Å²) >= 11 is 12.6. The van der Waals surface area contributed by atoms with Gasteiger partial charge in [-0.15, -0.1) is 0 Å². The highest BCUT2D eigenvalue weighted by Gasteiger charge is 2.34. The maximum absolute atomic E-state index is 14.2. The molecule has 0 aliphatic rings. The van der Waals surface area contributed by atoms with E-state index in [1.807, 2.05) is 44.2 Å². The number of carbonyl (C=O) groups is 2. The molecule has 3 aromatic carbocycles. The first-order valence-electron chi connectivity index (χ1n) is 13.7. The molecule has 0 spiro atoms. The molecule has 42 heavy (non-hydrogen) atoms. The highest BCUT2D eigenvalue weighted by atomic mass is 35.5. The lowest BCUT2D eigenvalue weighted by Gasteiger charge is -2.34. The van der Waals surface area contributed by atoms with Crippen molar-refractivity contribution in [2.75, 3.05) is 23.7 Å². The molecule has 0 bridgehead atoms. The van der Waals surface area contributed by atoms with E-state index in [0.29, 0.717) is 34.4 Å². The highest BCUT2D eigenvalue weighted by Crippen LogP contribution is 2.31. The minimum atomic E-state index is -3.94. The summed E-state index contributed by atoms with van der Waals surface area (Å²) in [6, 6.07) is 19.8. The smallest absolute Gasteiger partial charge is 0.244 e. The Hall–Kier alpha value is -3.27. The fraction of sp³-hybridized carbons (Fsp3) is 0.355. The lowest BCUT2D eigenvalue weighted by molar-refractivity contribution is -0.140. The quantitative estimate of drug-likeness (QED) is 0.245. The zero-order valence-electron chi connectivity index (χ0n) is 24.2. The SMILES string of the molecule is CCOc1ccccc1N(CC(=O)N(Cc1ccc(Cl)cc1Cl)[C@@H](Cc1ccccc1)C(=O)N[C@@H](C)CC)S(C)(=O)=O. The van der Waals surface area contributed by atoms with Crippen LogP contribution in [0, 0.1) is 0 Å². The molecule has 8 nitrogen and oxygen atoms in total. The van der Waals surface area contributed by atoms with Crippen molar-refractivity contribution >= 4 is 50.7 Å². The maximum Gasteiger partial charge on any atom is 0.244 e. The Kier molecular flexibility index (Phi) is 12.1. The molecule has 3 aromatic rings. The molecule has 0 fully saturated rings. The summed E-state index contributed by atoms with van der Waals surface area (Å²) < 4.78 is 32.8. The van der Waals surface area contributed by atoms with Crippen molar-refractivity contribution < 1.29 is 22.7 Å². The van der Waals surface area contributed by atoms with Crippen LogP contribution in [0.2, 0.25) is 10.0 Å². The summed E-state index contributed by atoms with van der Waals surface area (Å²) in [4.78, 5) is 29.4. The highest BCUT2D eigenvalue weighted by molar-refractivity contribution is 7.92. The van der Waals surface area contributed by atoms with Crippen molar-refractivity contribution in [3.05, 3.63) is 94.0 Å². The van der Waals surface area contributed by atoms with Gasteiger partial charge in [0.05, 0.1) is 18.6 Å². The van der Waals surface area contributed by atoms with E-state index in [4.69, 9.17) is 27.9 Å². The lowest BCUT2D eigenvalue weighted by Crippen LogP contribution is -2.54. The Bertz CT molecular complexity index is 1470. The van der Waals surface area contributed by atoms with Gasteiger partial charge in [-0.05, 0) is 55.7 Å². The first-order chi connectivity index (χ1) is 19.9. The monoisotopic (exact) mass is 633 g/mol. The number of nitrogens with one attached hydrogen (secondary N) is 1. The second kappa shape index (κ2) is 15.3. The molecule has 0 radical (unpaired) electrons. The van der Waals surface area contributed by atoms with Crippen molar-refractivity contribution in [1.29, 1.82) is 0 Å². The van der Waals surface area contributed by atoms with Crippen molar-refractivity contribution in [3.8, 4) is 5.75 Å². The summed E-state index contributed by atoms with van der Waals surface area (Å²) in [6.45, 7) is 5.32. The topological polar surface area (TPSA) is 96.0 Å². The van der Waals surface area contributed by atoms with Crippen molar-refractivity contribution in [3.63, 3.8) is 0 Å². The van der Waals surface area contributed by atoms with Crippen LogP contribution in [0.3, 0.4) is 0 Å². The number of anilines is 1. The number of carbonyl (C=O) groups excluding carboxylic acids is 2. The van der Waals surface area contributed by atoms with E-state index in [1.165, 1.54) is 4.90 Å². The van der Waals surface area contributed by atoms with Crippen LogP contribution < -0.4 is 14.4 Å². The van der Waals surface area contributed by atoms with Crippen LogP contribution in [-0.2, 0) is 32.6 Å². The van der Waals surface area contributed by atoms with Gasteiger partial charge in [0, 0.05) is 29.1 Å². The number of sulfonamides is 1. The average Bonchev–Trinajstić information content (AvgIpc) is 2.95. The van der Waals surface area contributed by atoms with Gasteiger partial charge in [-0.3, -0.25) is 13.9 Å². The molecule has 0 heterocycles. The fourth-order valence-corrected chi connectivity index (χ4v) is 5.69. The van der Waals surface area contributed by atoms with Crippen molar-refractivity contribution in [2.45, 2.75) is 52.2 Å². The van der Waals surface area contributed by atoms with E-state index in [-0.39, 0.29) is 30.6 Å². The van der Waals surface area contributed by atoms with Crippen molar-refractivity contribution in [1.82, 2.24) is 10.2 Å². The van der Waals surface area contributed by atoms with Crippen LogP contribution in [0.5, 0.6) is 5.75 Å². The summed E-state index contributed by atoms with van der Waals surface area (Å²) in [5.74, 6) is -0.619. The molecular formula is C31H37Cl2N3O5S. The molecule has 2 amide bonds. The predicted molar refractivity (Wildman–Crippen MR) is 169 cm³/mol. The molecule has 2 atom stereocenters. The van der Waals surface area contributed by atoms with Crippen LogP contribution in [0.25, 0.3) is 0 Å². The van der Waals surface area contributed by atoms with E-state index in [0.717, 1.165) is 16.1 Å². The Labute approximate surface area is 258 Å². The summed E-state index contributed by atoms with van der Waals surface area (Å²) in [5, 5.41) is 3.74. The summed E-state index contributed by atoms with van der Waals surface area (Å²) in [5.41, 5.74) is 1.62. The molecular weight excluding hydrogens is 597 g/mol. The van der Waals surface area contributed by atoms with Crippen molar-refractivity contribution in [2.24, 2.45) is 0 Å². The largest absolute Gasteiger partial charge is 0.492 e. The van der Waals surface area contributed by atoms with Gasteiger partial charge in [-0.2, -0.15) is 0 Å². The average molecular weight is 635 g/mol. The molecule has 226 valence electrons. The third-order valence-electron chi connectivity index (χ3n) is 6.74. The second-order valence-electron chi connectivity index (χ2n) is 9.95. The third-order valence-corrected chi connectivity index (χ3v) is 8.45. The standard InChI is InChI=1S/C31H37Cl2N3O5S/c1-5-22(3)34-31(38)28(18-23-12-8-7-9-13-23)35(20-24-16-17-25(32)19-26(24)33)30(37)21-36(42(4,39)40)27-14-10-11-15-29(27)41-6-2/h7-17,19,22,28H,5-6,18,20-21H2,1-4H3,(H,34,38)/t22-,28-/m0/s1. The number of para-hydroxylation sites is 2. The maximum atomic E-state index is 14.2. The number of benzene rings is 3. The first-order valence-corrected chi connectivity index (χ1v) is 16.3. The number of nitrogens with zero attached hydrogens (tertiary/aromatic N) is 2. The van der Waals surface area contributed by atoms with Crippen LogP contribution in [0.1, 0.15) is 38.3 Å².